The van der Waals surface area contributed by atoms with Crippen LogP contribution in [0.15, 0.2) is 12.7 Å². The molecule has 0 aromatic carbocycles. The number of amides is 1. The number of carboxylic acid groups (broad SMARTS) is 1. The molecule has 0 spiro atoms. The predicted octanol–water partition coefficient (Wildman–Crippen LogP) is 1.86. The fourth-order valence-corrected chi connectivity index (χ4v) is 3.68. The maximum atomic E-state index is 12.2. The summed E-state index contributed by atoms with van der Waals surface area (Å²) in [7, 11) is -4.52. The fraction of sp³-hybridized carbons (Fsp3) is 0.636. The summed E-state index contributed by atoms with van der Waals surface area (Å²) in [6, 6.07) is 0. The number of nitrogens with zero attached hydrogens (tertiary/aromatic N) is 1. The van der Waals surface area contributed by atoms with E-state index < -0.39 is 36.1 Å². The molecule has 0 heterocycles. The molecule has 9 heteroatoms. The van der Waals surface area contributed by atoms with Crippen molar-refractivity contribution in [1.82, 2.24) is 0 Å². The van der Waals surface area contributed by atoms with Gasteiger partial charge in [0, 0.05) is 5.75 Å². The van der Waals surface area contributed by atoms with Gasteiger partial charge < -0.3 is 14.9 Å². The van der Waals surface area contributed by atoms with E-state index in [1.807, 2.05) is 6.92 Å². The van der Waals surface area contributed by atoms with Crippen LogP contribution in [0.4, 0.5) is 4.79 Å². The van der Waals surface area contributed by atoms with Crippen molar-refractivity contribution >= 4 is 30.6 Å². The Bertz CT molecular complexity index is 410. The van der Waals surface area contributed by atoms with Crippen molar-refractivity contribution in [2.45, 2.75) is 19.8 Å². The van der Waals surface area contributed by atoms with E-state index in [4.69, 9.17) is 14.9 Å². The van der Waals surface area contributed by atoms with Crippen LogP contribution in [-0.2, 0) is 9.36 Å². The van der Waals surface area contributed by atoms with E-state index in [2.05, 4.69) is 6.58 Å². The number of carboxylic acids is 1. The lowest BCUT2D eigenvalue weighted by Crippen LogP contribution is -2.55. The van der Waals surface area contributed by atoms with Crippen molar-refractivity contribution in [3.05, 3.63) is 12.7 Å². The number of carbonyl (C=O) groups excluding carboxylic acids is 1. The lowest BCUT2D eigenvalue weighted by atomic mass is 10.3. The van der Waals surface area contributed by atoms with Crippen LogP contribution in [0.5, 0.6) is 0 Å². The van der Waals surface area contributed by atoms with E-state index in [0.29, 0.717) is 12.8 Å². The fourth-order valence-electron chi connectivity index (χ4n) is 1.75. The second kappa shape index (κ2) is 8.59. The van der Waals surface area contributed by atoms with Crippen LogP contribution >= 0.6 is 19.4 Å². The average Bonchev–Trinajstić information content (AvgIpc) is 2.30. The first-order valence-corrected chi connectivity index (χ1v) is 8.86. The number of quaternary nitrogens is 1. The van der Waals surface area contributed by atoms with Gasteiger partial charge in [-0.1, -0.05) is 19.4 Å². The third kappa shape index (κ3) is 7.21. The third-order valence-corrected chi connectivity index (χ3v) is 4.49. The summed E-state index contributed by atoms with van der Waals surface area (Å²) in [5.41, 5.74) is 0. The zero-order valence-corrected chi connectivity index (χ0v) is 13.1. The number of unbranched alkanes of at least 4 members (excludes halogenated alkanes) is 1. The third-order valence-electron chi connectivity index (χ3n) is 2.54. The van der Waals surface area contributed by atoms with Crippen LogP contribution in [0.1, 0.15) is 19.8 Å². The summed E-state index contributed by atoms with van der Waals surface area (Å²) >= 11 is 0.825. The Hall–Kier alpha value is -0.660. The highest BCUT2D eigenvalue weighted by Crippen LogP contribution is 2.40. The van der Waals surface area contributed by atoms with Gasteiger partial charge in [0.1, 0.15) is 0 Å². The second-order valence-corrected chi connectivity index (χ2v) is 7.03. The lowest BCUT2D eigenvalue weighted by Gasteiger charge is -2.33. The molecule has 116 valence electrons. The van der Waals surface area contributed by atoms with Crippen molar-refractivity contribution in [2.75, 3.05) is 25.1 Å². The molecule has 0 saturated carbocycles. The number of thioether (sulfide) groups is 1. The van der Waals surface area contributed by atoms with Crippen LogP contribution < -0.4 is 0 Å². The molecule has 1 atom stereocenters. The highest BCUT2D eigenvalue weighted by Gasteiger charge is 2.44. The van der Waals surface area contributed by atoms with Crippen molar-refractivity contribution < 1.29 is 33.5 Å². The summed E-state index contributed by atoms with van der Waals surface area (Å²) < 4.78 is 10.5. The number of hydrogen-bond donors (Lipinski definition) is 3. The molecule has 0 bridgehead atoms. The van der Waals surface area contributed by atoms with Gasteiger partial charge in [0.15, 0.2) is 12.8 Å². The molecule has 3 N–H and O–H groups in total. The van der Waals surface area contributed by atoms with Gasteiger partial charge in [0.2, 0.25) is 0 Å². The molecule has 20 heavy (non-hydrogen) atoms. The highest BCUT2D eigenvalue weighted by atomic mass is 32.2. The van der Waals surface area contributed by atoms with E-state index >= 15 is 0 Å². The molecule has 0 aliphatic carbocycles. The van der Waals surface area contributed by atoms with Crippen molar-refractivity contribution in [3.63, 3.8) is 0 Å². The van der Waals surface area contributed by atoms with E-state index in [0.717, 1.165) is 11.8 Å². The molecule has 0 saturated heterocycles. The molecule has 0 aromatic rings. The molecule has 0 rings (SSSR count). The highest BCUT2D eigenvalue weighted by molar-refractivity contribution is 8.13. The standard InChI is InChI=1S/C11H20NO6PS/c1-3-5-6-12(8-10(13)14,9-19(16,17)18)11(15)20-7-4-2/h4H,2-3,5-9H2,1H3,(H2-,13,14,16,17,18)/p+1. The van der Waals surface area contributed by atoms with Gasteiger partial charge >= 0.3 is 18.8 Å². The molecule has 1 unspecified atom stereocenters. The molecule has 0 fully saturated rings. The number of hydrogen-bond acceptors (Lipinski definition) is 4. The largest absolute Gasteiger partial charge is 0.477 e. The maximum absolute atomic E-state index is 12.2. The Morgan fingerprint density at radius 1 is 1.40 bits per heavy atom. The molecule has 0 aromatic heterocycles. The van der Waals surface area contributed by atoms with Gasteiger partial charge in [0.05, 0.1) is 6.54 Å². The van der Waals surface area contributed by atoms with Crippen molar-refractivity contribution in [1.29, 1.82) is 0 Å². The zero-order valence-electron chi connectivity index (χ0n) is 11.4. The van der Waals surface area contributed by atoms with Crippen LogP contribution in [0.2, 0.25) is 0 Å². The number of carbonyl (C=O) groups is 2. The monoisotopic (exact) mass is 326 g/mol. The second-order valence-electron chi connectivity index (χ2n) is 4.45. The molecule has 0 radical (unpaired) electrons. The van der Waals surface area contributed by atoms with E-state index in [9.17, 15) is 14.2 Å². The molecular formula is C11H21NO6PS+. The first-order chi connectivity index (χ1) is 9.17. The van der Waals surface area contributed by atoms with E-state index in [-0.39, 0.29) is 12.3 Å². The quantitative estimate of drug-likeness (QED) is 0.337. The minimum absolute atomic E-state index is 0.0941. The van der Waals surface area contributed by atoms with Crippen molar-refractivity contribution in [2.24, 2.45) is 0 Å². The minimum Gasteiger partial charge on any atom is -0.477 e. The predicted molar refractivity (Wildman–Crippen MR) is 77.5 cm³/mol. The van der Waals surface area contributed by atoms with Crippen LogP contribution in [-0.4, -0.2) is 55.7 Å². The van der Waals surface area contributed by atoms with Crippen molar-refractivity contribution in [3.8, 4) is 0 Å². The summed E-state index contributed by atoms with van der Waals surface area (Å²) in [4.78, 5) is 41.5. The molecule has 0 aliphatic rings. The normalized spacial score (nSPS) is 14.6. The van der Waals surface area contributed by atoms with Gasteiger partial charge in [-0.25, -0.2) is 14.1 Å². The SMILES string of the molecule is C=CCSC(=O)[N+](CCCC)(CC(=O)O)CP(=O)(O)O. The van der Waals surface area contributed by atoms with Gasteiger partial charge in [-0.2, -0.15) is 0 Å². The summed E-state index contributed by atoms with van der Waals surface area (Å²) in [6.45, 7) is 4.78. The lowest BCUT2D eigenvalue weighted by molar-refractivity contribution is -0.826. The average molecular weight is 326 g/mol. The first-order valence-electron chi connectivity index (χ1n) is 6.07. The maximum Gasteiger partial charge on any atom is 0.379 e. The molecule has 1 amide bonds. The smallest absolute Gasteiger partial charge is 0.379 e. The Labute approximate surface area is 122 Å². The van der Waals surface area contributed by atoms with Crippen LogP contribution in [0, 0.1) is 0 Å². The van der Waals surface area contributed by atoms with Gasteiger partial charge in [-0.15, -0.1) is 6.58 Å². The number of rotatable bonds is 9. The summed E-state index contributed by atoms with van der Waals surface area (Å²) in [5.74, 6) is -0.992. The van der Waals surface area contributed by atoms with Gasteiger partial charge in [0.25, 0.3) is 0 Å². The Morgan fingerprint density at radius 3 is 2.40 bits per heavy atom. The van der Waals surface area contributed by atoms with Gasteiger partial charge in [-0.3, -0.25) is 4.57 Å². The van der Waals surface area contributed by atoms with E-state index in [1.165, 1.54) is 6.08 Å². The van der Waals surface area contributed by atoms with Crippen LogP contribution in [0.25, 0.3) is 0 Å². The minimum atomic E-state index is -4.52. The Kier molecular flexibility index (Phi) is 8.30. The summed E-state index contributed by atoms with van der Waals surface area (Å²) in [6.07, 6.45) is 1.89. The Morgan fingerprint density at radius 2 is 2.00 bits per heavy atom. The molecule has 0 aliphatic heterocycles. The first kappa shape index (κ1) is 19.3. The van der Waals surface area contributed by atoms with Crippen LogP contribution in [0.3, 0.4) is 0 Å². The zero-order chi connectivity index (χ0) is 15.8. The molecular weight excluding hydrogens is 305 g/mol. The van der Waals surface area contributed by atoms with Gasteiger partial charge in [-0.05, 0) is 18.2 Å². The summed E-state index contributed by atoms with van der Waals surface area (Å²) in [5, 5.41) is 8.42. The number of aliphatic carboxylic acids is 1. The van der Waals surface area contributed by atoms with E-state index in [1.54, 1.807) is 0 Å². The molecule has 7 nitrogen and oxygen atoms in total. The Balaban J connectivity index is 5.38. The topological polar surface area (TPSA) is 112 Å².